The molecule has 3 saturated heterocycles. The molecule has 2 aromatic heterocycles. The van der Waals surface area contributed by atoms with Gasteiger partial charge in [-0.05, 0) is 6.07 Å². The number of imidazole rings is 1. The summed E-state index contributed by atoms with van der Waals surface area (Å²) in [6.45, 7) is -1.16. The fourth-order valence-electron chi connectivity index (χ4n) is 4.02. The van der Waals surface area contributed by atoms with Crippen LogP contribution in [0.5, 0.6) is 0 Å². The quantitative estimate of drug-likeness (QED) is 0.225. The minimum absolute atomic E-state index is 0.163. The molecule has 10 atom stereocenters. The molecule has 5 rings (SSSR count). The van der Waals surface area contributed by atoms with Crippen LogP contribution in [-0.4, -0.2) is 96.0 Å². The second-order valence-electron chi connectivity index (χ2n) is 7.95. The second-order valence-corrected chi connectivity index (χ2v) is 11.1. The van der Waals surface area contributed by atoms with E-state index in [1.165, 1.54) is 17.1 Å². The molecule has 3 aliphatic heterocycles. The first-order chi connectivity index (χ1) is 16.5. The van der Waals surface area contributed by atoms with Crippen molar-refractivity contribution in [1.29, 1.82) is 0 Å². The molecule has 0 saturated carbocycles. The number of phosphoric ester groups is 2. The molecular weight excluding hydrogens is 518 g/mol. The summed E-state index contributed by atoms with van der Waals surface area (Å²) in [6, 6.07) is 1.60. The molecule has 17 nitrogen and oxygen atoms in total. The minimum atomic E-state index is -5.28. The smallest absolute Gasteiger partial charge is 0.394 e. The molecule has 2 unspecified atom stereocenters. The Hall–Kier alpha value is -1.56. The number of pyridine rings is 1. The van der Waals surface area contributed by atoms with Crippen molar-refractivity contribution in [3.05, 3.63) is 18.6 Å². The Labute approximate surface area is 196 Å². The lowest BCUT2D eigenvalue weighted by molar-refractivity contribution is -0.127. The predicted molar refractivity (Wildman–Crippen MR) is 110 cm³/mol. The summed E-state index contributed by atoms with van der Waals surface area (Å²) < 4.78 is 57.0. The Balaban J connectivity index is 1.29. The van der Waals surface area contributed by atoms with E-state index >= 15 is 0 Å². The summed E-state index contributed by atoms with van der Waals surface area (Å²) in [4.78, 5) is 18.1. The number of aliphatic hydroxyl groups is 4. The Morgan fingerprint density at radius 3 is 2.71 bits per heavy atom. The molecule has 3 aliphatic rings. The van der Waals surface area contributed by atoms with Gasteiger partial charge in [0.05, 0.1) is 25.1 Å². The third-order valence-corrected chi connectivity index (χ3v) is 8.76. The van der Waals surface area contributed by atoms with Crippen molar-refractivity contribution in [2.45, 2.75) is 49.1 Å². The molecule has 2 aromatic rings. The van der Waals surface area contributed by atoms with Crippen LogP contribution in [-0.2, 0) is 36.5 Å². The molecule has 19 heteroatoms. The van der Waals surface area contributed by atoms with Gasteiger partial charge in [0, 0.05) is 6.20 Å². The van der Waals surface area contributed by atoms with E-state index in [4.69, 9.17) is 29.4 Å². The zero-order valence-electron chi connectivity index (χ0n) is 17.6. The molecule has 0 spiro atoms. The molecule has 35 heavy (non-hydrogen) atoms. The summed E-state index contributed by atoms with van der Waals surface area (Å²) in [5.74, 6) is 0.163. The summed E-state index contributed by atoms with van der Waals surface area (Å²) in [7, 11) is -10.1. The Morgan fingerprint density at radius 1 is 1.23 bits per heavy atom. The molecule has 5 heterocycles. The van der Waals surface area contributed by atoms with E-state index in [1.54, 1.807) is 6.07 Å². The third kappa shape index (κ3) is 4.53. The van der Waals surface area contributed by atoms with Crippen molar-refractivity contribution in [2.75, 3.05) is 18.9 Å². The van der Waals surface area contributed by atoms with Gasteiger partial charge >= 0.3 is 15.6 Å². The van der Waals surface area contributed by atoms with Crippen LogP contribution in [0.1, 0.15) is 6.23 Å². The van der Waals surface area contributed by atoms with Gasteiger partial charge in [-0.3, -0.25) is 13.6 Å². The van der Waals surface area contributed by atoms with Crippen LogP contribution >= 0.6 is 15.6 Å². The first-order valence-electron chi connectivity index (χ1n) is 10.2. The molecule has 0 radical (unpaired) electrons. The lowest BCUT2D eigenvalue weighted by Gasteiger charge is -2.31. The number of phosphoric acid groups is 2. The van der Waals surface area contributed by atoms with Crippen LogP contribution in [0.3, 0.4) is 0 Å². The summed E-state index contributed by atoms with van der Waals surface area (Å²) in [6.07, 6.45) is -8.53. The van der Waals surface area contributed by atoms with Gasteiger partial charge in [0.2, 0.25) is 0 Å². The van der Waals surface area contributed by atoms with Crippen LogP contribution in [0.4, 0.5) is 5.82 Å². The number of anilines is 1. The molecule has 7 N–H and O–H groups in total. The summed E-state index contributed by atoms with van der Waals surface area (Å²) in [5.41, 5.74) is 6.66. The van der Waals surface area contributed by atoms with E-state index in [0.717, 1.165) is 0 Å². The first kappa shape index (κ1) is 25.1. The predicted octanol–water partition coefficient (Wildman–Crippen LogP) is -1.63. The van der Waals surface area contributed by atoms with Crippen LogP contribution in [0.2, 0.25) is 0 Å². The van der Waals surface area contributed by atoms with Gasteiger partial charge in [-0.1, -0.05) is 0 Å². The molecule has 0 amide bonds. The monoisotopic (exact) mass is 540 g/mol. The van der Waals surface area contributed by atoms with E-state index in [9.17, 15) is 29.3 Å². The van der Waals surface area contributed by atoms with E-state index in [0.29, 0.717) is 11.0 Å². The first-order valence-corrected chi connectivity index (χ1v) is 13.2. The minimum Gasteiger partial charge on any atom is -0.394 e. The van der Waals surface area contributed by atoms with Crippen molar-refractivity contribution >= 4 is 32.5 Å². The van der Waals surface area contributed by atoms with Gasteiger partial charge in [0.15, 0.2) is 18.3 Å². The van der Waals surface area contributed by atoms with Gasteiger partial charge in [-0.15, -0.1) is 0 Å². The Bertz CT molecular complexity index is 1200. The molecule has 0 bridgehead atoms. The number of aromatic nitrogens is 3. The zero-order valence-corrected chi connectivity index (χ0v) is 19.4. The SMILES string of the molecule is Nc1nccc2c1ncn2[C@@H]1O[C@@H]2COP(=O)(OP(=O)(O)O[C@@H]3O[C@H](CO)[C@@H](O)[C@H]3O)O[C@H]2[C@H]1O. The fourth-order valence-corrected chi connectivity index (χ4v) is 6.91. The third-order valence-electron chi connectivity index (χ3n) is 5.69. The lowest BCUT2D eigenvalue weighted by Crippen LogP contribution is -2.39. The van der Waals surface area contributed by atoms with Crippen molar-refractivity contribution in [3.63, 3.8) is 0 Å². The van der Waals surface area contributed by atoms with Crippen molar-refractivity contribution in [3.8, 4) is 0 Å². The largest absolute Gasteiger partial charge is 0.484 e. The van der Waals surface area contributed by atoms with Gasteiger partial charge in [-0.2, -0.15) is 4.31 Å². The van der Waals surface area contributed by atoms with Gasteiger partial charge in [0.1, 0.15) is 42.1 Å². The van der Waals surface area contributed by atoms with Crippen molar-refractivity contribution < 1.29 is 61.8 Å². The maximum atomic E-state index is 12.9. The number of hydrogen-bond acceptors (Lipinski definition) is 15. The van der Waals surface area contributed by atoms with Gasteiger partial charge < -0.3 is 45.1 Å². The van der Waals surface area contributed by atoms with Crippen LogP contribution in [0.15, 0.2) is 18.6 Å². The molecule has 0 aliphatic carbocycles. The number of ether oxygens (including phenoxy) is 2. The Kier molecular flexibility index (Phi) is 6.51. The highest BCUT2D eigenvalue weighted by molar-refractivity contribution is 7.61. The Morgan fingerprint density at radius 2 is 2.00 bits per heavy atom. The number of fused-ring (bicyclic) bond motifs is 2. The summed E-state index contributed by atoms with van der Waals surface area (Å²) in [5, 5.41) is 39.5. The highest BCUT2D eigenvalue weighted by Gasteiger charge is 2.56. The summed E-state index contributed by atoms with van der Waals surface area (Å²) >= 11 is 0. The zero-order chi connectivity index (χ0) is 25.1. The lowest BCUT2D eigenvalue weighted by atomic mass is 10.1. The number of nitrogen functional groups attached to an aromatic ring is 1. The molecule has 3 fully saturated rings. The van der Waals surface area contributed by atoms with Gasteiger partial charge in [-0.25, -0.2) is 19.1 Å². The highest BCUT2D eigenvalue weighted by Crippen LogP contribution is 2.67. The highest BCUT2D eigenvalue weighted by atomic mass is 31.3. The van der Waals surface area contributed by atoms with Crippen LogP contribution < -0.4 is 5.73 Å². The van der Waals surface area contributed by atoms with E-state index in [1.807, 2.05) is 0 Å². The van der Waals surface area contributed by atoms with Crippen LogP contribution in [0, 0.1) is 0 Å². The maximum Gasteiger partial charge on any atom is 0.484 e. The number of rotatable bonds is 6. The topological polar surface area (TPSA) is 247 Å². The number of hydrogen-bond donors (Lipinski definition) is 6. The van der Waals surface area contributed by atoms with Crippen LogP contribution in [0.25, 0.3) is 11.0 Å². The second kappa shape index (κ2) is 9.08. The molecule has 0 aromatic carbocycles. The average molecular weight is 540 g/mol. The maximum absolute atomic E-state index is 12.9. The van der Waals surface area contributed by atoms with Crippen molar-refractivity contribution in [1.82, 2.24) is 14.5 Å². The fraction of sp³-hybridized carbons (Fsp3) is 0.625. The van der Waals surface area contributed by atoms with E-state index < -0.39 is 78.0 Å². The molecule has 194 valence electrons. The van der Waals surface area contributed by atoms with E-state index in [2.05, 4.69) is 18.8 Å². The normalized spacial score (nSPS) is 41.2. The number of nitrogens with two attached hydrogens (primary N) is 1. The average Bonchev–Trinajstić information content (AvgIpc) is 3.44. The standard InChI is InChI=1S/C16H22N4O13P2/c17-14-9-6(1-2-18-14)20(5-19-9)15-12(24)13-8(29-15)4-28-35(27,31-13)33-34(25,26)32-16-11(23)10(22)7(3-21)30-16/h1-2,5,7-8,10-13,15-16,21-24H,3-4H2,(H2,17,18)(H,25,26)/t7-,8-,10-,11-,12-,13-,15-,16+,35?/m1/s1. The number of aliphatic hydroxyl groups excluding tert-OH is 4. The molecular formula is C16H22N4O13P2. The number of nitrogens with zero attached hydrogens (tertiary/aromatic N) is 3. The van der Waals surface area contributed by atoms with Crippen molar-refractivity contribution in [2.24, 2.45) is 0 Å². The van der Waals surface area contributed by atoms with Gasteiger partial charge in [0.25, 0.3) is 0 Å². The van der Waals surface area contributed by atoms with E-state index in [-0.39, 0.29) is 5.82 Å².